The van der Waals surface area contributed by atoms with Crippen LogP contribution in [-0.4, -0.2) is 5.43 Å². The van der Waals surface area contributed by atoms with E-state index in [0.29, 0.717) is 7.25 Å². The first kappa shape index (κ1) is 28.3. The van der Waals surface area contributed by atoms with Crippen LogP contribution < -0.4 is 24.8 Å². The molecular weight excluding hydrogens is 611 g/mol. The minimum atomic E-state index is -2.10. The molecule has 7 rings (SSSR count). The van der Waals surface area contributed by atoms with Crippen LogP contribution in [0.1, 0.15) is 36.4 Å². The molecule has 2 aliphatic rings. The van der Waals surface area contributed by atoms with Crippen molar-refractivity contribution in [2.75, 3.05) is 0 Å². The molecule has 0 fully saturated rings. The third kappa shape index (κ3) is 4.54. The van der Waals surface area contributed by atoms with Crippen LogP contribution in [0.3, 0.4) is 0 Å². The second-order valence-electron chi connectivity index (χ2n) is 10.7. The van der Waals surface area contributed by atoms with Crippen LogP contribution in [-0.2, 0) is 20.4 Å². The third-order valence-corrected chi connectivity index (χ3v) is 27.9. The van der Waals surface area contributed by atoms with E-state index in [1.165, 1.54) is 38.6 Å². The van der Waals surface area contributed by atoms with Crippen molar-refractivity contribution in [1.82, 2.24) is 0 Å². The standard InChI is InChI=1S/C20H15.C13H9.C2H6Si.2ClH.Zr/c1-14-12-16-8-5-11-19(20(16)13-14)18-10-4-7-15-6-2-3-9-17(15)18;1-3-7-12-10(5-1)9-11-6-2-4-8-13(11)12;1-3-2;;;/h2-13H,1H3;1-9H;1-2H3;2*1H;/q;;;;;+2/p-2. The summed E-state index contributed by atoms with van der Waals surface area (Å²) in [6, 6.07) is 41.3. The molecule has 0 amide bonds. The molecule has 5 aromatic carbocycles. The molecular formula is C35H30Cl2SiZr. The summed E-state index contributed by atoms with van der Waals surface area (Å²) >= 11 is -2.10. The predicted octanol–water partition coefficient (Wildman–Crippen LogP) is 3.61. The molecule has 39 heavy (non-hydrogen) atoms. The number of hydrogen-bond acceptors (Lipinski definition) is 0. The molecule has 1 unspecified atom stereocenters. The van der Waals surface area contributed by atoms with E-state index in [-0.39, 0.29) is 24.8 Å². The maximum absolute atomic E-state index is 2.61. The number of allylic oxidation sites excluding steroid dienone is 1. The largest absolute Gasteiger partial charge is 1.00 e. The molecule has 2 aliphatic carbocycles. The van der Waals surface area contributed by atoms with Gasteiger partial charge in [0.25, 0.3) is 0 Å². The van der Waals surface area contributed by atoms with Crippen molar-refractivity contribution in [3.05, 3.63) is 137 Å². The molecule has 0 aromatic heterocycles. The van der Waals surface area contributed by atoms with Crippen molar-refractivity contribution in [2.24, 2.45) is 0 Å². The summed E-state index contributed by atoms with van der Waals surface area (Å²) < 4.78 is 1.28. The van der Waals surface area contributed by atoms with E-state index in [2.05, 4.69) is 135 Å². The van der Waals surface area contributed by atoms with Crippen LogP contribution in [0.15, 0.2) is 115 Å². The number of halogens is 2. The zero-order valence-corrected chi connectivity index (χ0v) is 27.4. The Morgan fingerprint density at radius 1 is 0.538 bits per heavy atom. The van der Waals surface area contributed by atoms with Gasteiger partial charge >= 0.3 is 229 Å². The van der Waals surface area contributed by atoms with E-state index in [4.69, 9.17) is 0 Å². The van der Waals surface area contributed by atoms with Gasteiger partial charge in [0, 0.05) is 0 Å². The first-order valence-corrected chi connectivity index (χ1v) is 22.3. The second-order valence-corrected chi connectivity index (χ2v) is 28.6. The average Bonchev–Trinajstić information content (AvgIpc) is 3.43. The van der Waals surface area contributed by atoms with Gasteiger partial charge in [-0.1, -0.05) is 0 Å². The SMILES string of the molecule is CC1=Cc2c(-c3cccc4ccccc34)cccc2[CH]1[Zr+2]([CH]1c2ccccc2-c2ccccc21)=[Si](C)C.[Cl-].[Cl-]. The van der Waals surface area contributed by atoms with Gasteiger partial charge in [-0.15, -0.1) is 0 Å². The van der Waals surface area contributed by atoms with Crippen LogP contribution >= 0.6 is 0 Å². The molecule has 192 valence electrons. The van der Waals surface area contributed by atoms with Gasteiger partial charge in [-0.2, -0.15) is 0 Å². The quantitative estimate of drug-likeness (QED) is 0.265. The van der Waals surface area contributed by atoms with Crippen molar-refractivity contribution < 1.29 is 45.2 Å². The number of benzene rings is 5. The molecule has 5 aromatic rings. The zero-order chi connectivity index (χ0) is 25.1. The summed E-state index contributed by atoms with van der Waals surface area (Å²) in [7, 11) is 0. The van der Waals surface area contributed by atoms with Gasteiger partial charge in [-0.3, -0.25) is 0 Å². The van der Waals surface area contributed by atoms with Crippen LogP contribution in [0.4, 0.5) is 0 Å². The van der Waals surface area contributed by atoms with E-state index < -0.39 is 25.8 Å². The predicted molar refractivity (Wildman–Crippen MR) is 157 cm³/mol. The van der Waals surface area contributed by atoms with Gasteiger partial charge in [0.1, 0.15) is 0 Å². The maximum Gasteiger partial charge on any atom is -1.00 e. The first-order chi connectivity index (χ1) is 18.1. The number of rotatable bonds is 3. The van der Waals surface area contributed by atoms with E-state index in [1.807, 2.05) is 0 Å². The molecule has 0 saturated carbocycles. The molecule has 1 atom stereocenters. The Kier molecular flexibility index (Phi) is 8.23. The van der Waals surface area contributed by atoms with E-state index >= 15 is 0 Å². The normalized spacial score (nSPS) is 14.7. The summed E-state index contributed by atoms with van der Waals surface area (Å²) in [6.45, 7) is 7.65. The minimum Gasteiger partial charge on any atom is -1.00 e. The van der Waals surface area contributed by atoms with Crippen molar-refractivity contribution in [2.45, 2.75) is 27.3 Å². The van der Waals surface area contributed by atoms with Crippen LogP contribution in [0.25, 0.3) is 39.1 Å². The Hall–Kier alpha value is -2.22. The average molecular weight is 641 g/mol. The van der Waals surface area contributed by atoms with Gasteiger partial charge in [0.05, 0.1) is 0 Å². The molecule has 0 nitrogen and oxygen atoms in total. The molecule has 0 heterocycles. The van der Waals surface area contributed by atoms with Gasteiger partial charge in [0.15, 0.2) is 0 Å². The fraction of sp³-hybridized carbons (Fsp3) is 0.143. The topological polar surface area (TPSA) is 0 Å². The number of fused-ring (bicyclic) bond motifs is 5. The molecule has 0 bridgehead atoms. The molecule has 0 N–H and O–H groups in total. The van der Waals surface area contributed by atoms with Crippen molar-refractivity contribution in [3.63, 3.8) is 0 Å². The second kappa shape index (κ2) is 11.3. The van der Waals surface area contributed by atoms with E-state index in [0.717, 1.165) is 0 Å². The monoisotopic (exact) mass is 638 g/mol. The van der Waals surface area contributed by atoms with Crippen LogP contribution in [0, 0.1) is 0 Å². The maximum atomic E-state index is 2.61. The zero-order valence-electron chi connectivity index (χ0n) is 22.4. The van der Waals surface area contributed by atoms with Gasteiger partial charge in [-0.05, 0) is 0 Å². The third-order valence-electron chi connectivity index (χ3n) is 8.39. The Balaban J connectivity index is 0.00000154. The fourth-order valence-corrected chi connectivity index (χ4v) is 27.2. The smallest absolute Gasteiger partial charge is 1.00 e. The molecule has 0 radical (unpaired) electrons. The Labute approximate surface area is 252 Å². The Morgan fingerprint density at radius 3 is 1.74 bits per heavy atom. The van der Waals surface area contributed by atoms with Crippen LogP contribution in [0.2, 0.25) is 13.1 Å². The summed E-state index contributed by atoms with van der Waals surface area (Å²) in [5.74, 6) is 0. The molecule has 0 spiro atoms. The van der Waals surface area contributed by atoms with Gasteiger partial charge in [0.2, 0.25) is 0 Å². The Bertz CT molecular complexity index is 1730. The van der Waals surface area contributed by atoms with Crippen molar-refractivity contribution in [3.8, 4) is 22.3 Å². The first-order valence-electron chi connectivity index (χ1n) is 13.3. The summed E-state index contributed by atoms with van der Waals surface area (Å²) in [5.41, 5.74) is 13.2. The van der Waals surface area contributed by atoms with Crippen molar-refractivity contribution in [1.29, 1.82) is 0 Å². The van der Waals surface area contributed by atoms with Gasteiger partial charge in [-0.25, -0.2) is 0 Å². The van der Waals surface area contributed by atoms with E-state index in [9.17, 15) is 0 Å². The molecule has 4 heteroatoms. The molecule has 0 aliphatic heterocycles. The summed E-state index contributed by atoms with van der Waals surface area (Å²) in [5, 5.41) is 2.66. The number of hydrogen-bond donors (Lipinski definition) is 0. The summed E-state index contributed by atoms with van der Waals surface area (Å²) in [6.07, 6.45) is 2.55. The van der Waals surface area contributed by atoms with Crippen molar-refractivity contribution >= 4 is 22.3 Å². The minimum absolute atomic E-state index is 0. The fourth-order valence-electron chi connectivity index (χ4n) is 6.89. The van der Waals surface area contributed by atoms with Gasteiger partial charge < -0.3 is 24.8 Å². The molecule has 0 saturated heterocycles. The Morgan fingerprint density at radius 2 is 1.05 bits per heavy atom. The summed E-state index contributed by atoms with van der Waals surface area (Å²) in [4.78, 5) is 0. The van der Waals surface area contributed by atoms with Crippen LogP contribution in [0.5, 0.6) is 0 Å². The van der Waals surface area contributed by atoms with E-state index in [1.54, 1.807) is 22.3 Å².